The first-order valence-electron chi connectivity index (χ1n) is 6.19. The molecule has 1 aliphatic heterocycles. The fourth-order valence-corrected chi connectivity index (χ4v) is 2.05. The van der Waals surface area contributed by atoms with Gasteiger partial charge in [0, 0.05) is 12.1 Å². The third-order valence-electron chi connectivity index (χ3n) is 2.48. The van der Waals surface area contributed by atoms with Crippen molar-refractivity contribution < 1.29 is 14.8 Å². The average molecular weight is 322 g/mol. The van der Waals surface area contributed by atoms with Gasteiger partial charge >= 0.3 is 0 Å². The Balaban J connectivity index is 2.09. The lowest BCUT2D eigenvalue weighted by molar-refractivity contribution is -0.384. The van der Waals surface area contributed by atoms with E-state index < -0.39 is 10.9 Å². The van der Waals surface area contributed by atoms with Crippen molar-refractivity contribution in [3.8, 4) is 0 Å². The summed E-state index contributed by atoms with van der Waals surface area (Å²) in [7, 11) is 0. The second-order valence-corrected chi connectivity index (χ2v) is 4.72. The highest BCUT2D eigenvalue weighted by molar-refractivity contribution is 8.13. The number of hydrogen-bond donors (Lipinski definition) is 2. The SMILES string of the molecule is CCOC([O-])=C1NNSC1=N/N=C/c1ccc([N+](=O)[O-])cc1. The Bertz CT molecular complexity index is 641. The van der Waals surface area contributed by atoms with Crippen LogP contribution in [-0.2, 0) is 4.74 Å². The number of nitrogens with zero attached hydrogens (tertiary/aromatic N) is 3. The summed E-state index contributed by atoms with van der Waals surface area (Å²) in [6.45, 7) is 1.96. The average Bonchev–Trinajstić information content (AvgIpc) is 2.96. The van der Waals surface area contributed by atoms with Gasteiger partial charge in [-0.25, -0.2) is 0 Å². The minimum absolute atomic E-state index is 0.00106. The molecule has 1 aliphatic rings. The van der Waals surface area contributed by atoms with Crippen LogP contribution < -0.4 is 15.4 Å². The van der Waals surface area contributed by atoms with E-state index in [2.05, 4.69) is 20.5 Å². The summed E-state index contributed by atoms with van der Waals surface area (Å²) >= 11 is 1.09. The molecule has 0 unspecified atom stereocenters. The highest BCUT2D eigenvalue weighted by atomic mass is 32.2. The Hall–Kier alpha value is -2.59. The van der Waals surface area contributed by atoms with Crippen LogP contribution in [0.5, 0.6) is 0 Å². The van der Waals surface area contributed by atoms with Gasteiger partial charge in [-0.1, -0.05) is 6.92 Å². The molecule has 1 saturated heterocycles. The van der Waals surface area contributed by atoms with Crippen LogP contribution in [0, 0.1) is 10.1 Å². The van der Waals surface area contributed by atoms with Crippen LogP contribution in [0.25, 0.3) is 0 Å². The van der Waals surface area contributed by atoms with Gasteiger partial charge in [0.2, 0.25) is 0 Å². The second-order valence-electron chi connectivity index (χ2n) is 3.92. The number of ether oxygens (including phenoxy) is 1. The monoisotopic (exact) mass is 322 g/mol. The highest BCUT2D eigenvalue weighted by Crippen LogP contribution is 2.16. The molecule has 0 aromatic heterocycles. The van der Waals surface area contributed by atoms with Crippen LogP contribution >= 0.6 is 11.9 Å². The molecule has 2 N–H and O–H groups in total. The zero-order valence-electron chi connectivity index (χ0n) is 11.5. The maximum Gasteiger partial charge on any atom is 0.269 e. The number of non-ortho nitro benzene ring substituents is 1. The summed E-state index contributed by atoms with van der Waals surface area (Å²) in [5.74, 6) is -0.524. The molecule has 1 fully saturated rings. The van der Waals surface area contributed by atoms with Crippen LogP contribution in [0.15, 0.2) is 46.1 Å². The number of benzene rings is 1. The molecular formula is C12H12N5O4S-. The number of nitro groups is 1. The molecule has 2 rings (SSSR count). The Kier molecular flexibility index (Phi) is 5.33. The molecule has 22 heavy (non-hydrogen) atoms. The lowest BCUT2D eigenvalue weighted by atomic mass is 10.2. The third kappa shape index (κ3) is 3.96. The predicted molar refractivity (Wildman–Crippen MR) is 80.6 cm³/mol. The molecule has 0 spiro atoms. The van der Waals surface area contributed by atoms with E-state index in [-0.39, 0.29) is 18.0 Å². The molecule has 0 bridgehead atoms. The summed E-state index contributed by atoms with van der Waals surface area (Å²) in [6.07, 6.45) is 1.43. The smallest absolute Gasteiger partial charge is 0.269 e. The van der Waals surface area contributed by atoms with Crippen LogP contribution in [-0.4, -0.2) is 22.8 Å². The molecule has 0 radical (unpaired) electrons. The van der Waals surface area contributed by atoms with Crippen LogP contribution in [0.4, 0.5) is 5.69 Å². The van der Waals surface area contributed by atoms with Crippen molar-refractivity contribution in [2.45, 2.75) is 6.92 Å². The van der Waals surface area contributed by atoms with E-state index in [1.165, 1.54) is 18.3 Å². The Morgan fingerprint density at radius 1 is 1.45 bits per heavy atom. The van der Waals surface area contributed by atoms with E-state index >= 15 is 0 Å². The van der Waals surface area contributed by atoms with Gasteiger partial charge in [-0.3, -0.25) is 10.1 Å². The van der Waals surface area contributed by atoms with E-state index in [0.717, 1.165) is 11.9 Å². The maximum absolute atomic E-state index is 11.6. The van der Waals surface area contributed by atoms with Crippen molar-refractivity contribution in [2.24, 2.45) is 10.2 Å². The summed E-state index contributed by atoms with van der Waals surface area (Å²) in [5.41, 5.74) is 3.47. The normalized spacial score (nSPS) is 18.5. The van der Waals surface area contributed by atoms with Gasteiger partial charge in [-0.2, -0.15) is 9.93 Å². The van der Waals surface area contributed by atoms with Crippen molar-refractivity contribution in [3.63, 3.8) is 0 Å². The molecule has 116 valence electrons. The molecule has 0 saturated carbocycles. The van der Waals surface area contributed by atoms with Crippen molar-refractivity contribution in [1.29, 1.82) is 0 Å². The first-order chi connectivity index (χ1) is 10.6. The zero-order valence-corrected chi connectivity index (χ0v) is 12.3. The van der Waals surface area contributed by atoms with E-state index in [1.807, 2.05) is 0 Å². The summed E-state index contributed by atoms with van der Waals surface area (Å²) < 4.78 is 4.87. The molecule has 0 aliphatic carbocycles. The van der Waals surface area contributed by atoms with Crippen LogP contribution in [0.3, 0.4) is 0 Å². The Labute approximate surface area is 130 Å². The Morgan fingerprint density at radius 2 is 2.18 bits per heavy atom. The number of rotatable bonds is 5. The van der Waals surface area contributed by atoms with Gasteiger partial charge in [0.1, 0.15) is 5.70 Å². The number of hydrazine groups is 1. The lowest BCUT2D eigenvalue weighted by Crippen LogP contribution is -2.24. The molecule has 10 heteroatoms. The minimum Gasteiger partial charge on any atom is -0.612 e. The van der Waals surface area contributed by atoms with Gasteiger partial charge in [0.25, 0.3) is 5.69 Å². The van der Waals surface area contributed by atoms with Gasteiger partial charge < -0.3 is 15.3 Å². The fraction of sp³-hybridized carbons (Fsp3) is 0.167. The summed E-state index contributed by atoms with van der Waals surface area (Å²) in [5, 5.41) is 30.3. The summed E-state index contributed by atoms with van der Waals surface area (Å²) in [4.78, 5) is 12.7. The molecule has 1 aromatic carbocycles. The number of nitro benzene ring substituents is 1. The number of nitrogens with one attached hydrogen (secondary N) is 2. The van der Waals surface area contributed by atoms with Gasteiger partial charge in [-0.05, 0) is 36.3 Å². The van der Waals surface area contributed by atoms with E-state index in [0.29, 0.717) is 10.6 Å². The molecule has 1 aromatic rings. The molecule has 1 heterocycles. The molecular weight excluding hydrogens is 310 g/mol. The zero-order chi connectivity index (χ0) is 15.9. The topological polar surface area (TPSA) is 124 Å². The van der Waals surface area contributed by atoms with Crippen molar-refractivity contribution in [1.82, 2.24) is 10.3 Å². The van der Waals surface area contributed by atoms with Gasteiger partial charge in [0.05, 0.1) is 17.1 Å². The minimum atomic E-state index is -0.524. The second kappa shape index (κ2) is 7.43. The van der Waals surface area contributed by atoms with Gasteiger partial charge in [0.15, 0.2) is 5.04 Å². The first-order valence-corrected chi connectivity index (χ1v) is 7.01. The number of hydrogen-bond acceptors (Lipinski definition) is 9. The molecule has 0 amide bonds. The van der Waals surface area contributed by atoms with Gasteiger partial charge in [-0.15, -0.1) is 5.10 Å². The van der Waals surface area contributed by atoms with Crippen molar-refractivity contribution >= 4 is 28.9 Å². The van der Waals surface area contributed by atoms with E-state index in [4.69, 9.17) is 4.74 Å². The van der Waals surface area contributed by atoms with Crippen molar-refractivity contribution in [2.75, 3.05) is 6.61 Å². The predicted octanol–water partition coefficient (Wildman–Crippen LogP) is 0.649. The standard InChI is InChI=1S/C12H13N5O4S/c1-2-21-12(18)10-11(22-16-14-10)15-13-7-8-3-5-9(6-4-8)17(19)20/h3-7,14,16,18H,2H2,1H3/p-1/b12-10?,13-7+,15-11?. The largest absolute Gasteiger partial charge is 0.612 e. The fourth-order valence-electron chi connectivity index (χ4n) is 1.47. The van der Waals surface area contributed by atoms with Crippen LogP contribution in [0.1, 0.15) is 12.5 Å². The first kappa shape index (κ1) is 15.8. The third-order valence-corrected chi connectivity index (χ3v) is 3.16. The lowest BCUT2D eigenvalue weighted by Gasteiger charge is -2.14. The molecule has 9 nitrogen and oxygen atoms in total. The summed E-state index contributed by atoms with van der Waals surface area (Å²) in [6, 6.07) is 5.85. The van der Waals surface area contributed by atoms with Crippen molar-refractivity contribution in [3.05, 3.63) is 51.6 Å². The highest BCUT2D eigenvalue weighted by Gasteiger charge is 2.17. The maximum atomic E-state index is 11.6. The van der Waals surface area contributed by atoms with E-state index in [9.17, 15) is 15.2 Å². The van der Waals surface area contributed by atoms with Crippen LogP contribution in [0.2, 0.25) is 0 Å². The Morgan fingerprint density at radius 3 is 2.82 bits per heavy atom. The van der Waals surface area contributed by atoms with E-state index in [1.54, 1.807) is 19.1 Å². The molecule has 0 atom stereocenters. The quantitative estimate of drug-likeness (QED) is 0.268.